The Balaban J connectivity index is 1.06. The summed E-state index contributed by atoms with van der Waals surface area (Å²) in [4.78, 5) is 4.67. The fourth-order valence-electron chi connectivity index (χ4n) is 8.11. The van der Waals surface area contributed by atoms with Crippen LogP contribution in [-0.4, -0.2) is 4.98 Å². The van der Waals surface area contributed by atoms with Gasteiger partial charge in [0, 0.05) is 11.8 Å². The second-order valence-corrected chi connectivity index (χ2v) is 14.8. The largest absolute Gasteiger partial charge is 0.256 e. The zero-order valence-corrected chi connectivity index (χ0v) is 28.5. The van der Waals surface area contributed by atoms with Crippen molar-refractivity contribution in [3.05, 3.63) is 163 Å². The Labute approximate surface area is 291 Å². The van der Waals surface area contributed by atoms with Crippen LogP contribution in [0.3, 0.4) is 0 Å². The van der Waals surface area contributed by atoms with Crippen molar-refractivity contribution in [2.24, 2.45) is 0 Å². The molecule has 0 radical (unpaired) electrons. The topological polar surface area (TPSA) is 12.9 Å². The van der Waals surface area contributed by atoms with Gasteiger partial charge in [-0.1, -0.05) is 136 Å². The maximum Gasteiger partial charge on any atom is 0.0708 e. The Bertz CT molecular complexity index is 2930. The highest BCUT2D eigenvalue weighted by Crippen LogP contribution is 2.42. The molecule has 0 spiro atoms. The summed E-state index contributed by atoms with van der Waals surface area (Å²) in [7, 11) is 0. The quantitative estimate of drug-likeness (QED) is 0.176. The maximum absolute atomic E-state index is 4.67. The first-order chi connectivity index (χ1) is 24.4. The molecule has 10 rings (SSSR count). The van der Waals surface area contributed by atoms with E-state index < -0.39 is 0 Å². The monoisotopic (exact) mass is 637 g/mol. The van der Waals surface area contributed by atoms with Crippen LogP contribution in [0.1, 0.15) is 26.3 Å². The zero-order valence-electron chi connectivity index (χ0n) is 28.5. The van der Waals surface area contributed by atoms with Gasteiger partial charge in [-0.15, -0.1) is 0 Å². The van der Waals surface area contributed by atoms with Crippen LogP contribution in [-0.2, 0) is 5.41 Å². The van der Waals surface area contributed by atoms with Crippen molar-refractivity contribution < 1.29 is 0 Å². The van der Waals surface area contributed by atoms with Gasteiger partial charge in [-0.3, -0.25) is 4.98 Å². The Morgan fingerprint density at radius 3 is 1.76 bits per heavy atom. The first kappa shape index (κ1) is 28.9. The first-order valence-electron chi connectivity index (χ1n) is 17.5. The molecule has 0 fully saturated rings. The molecular weight excluding hydrogens is 603 g/mol. The van der Waals surface area contributed by atoms with Crippen LogP contribution in [0.4, 0.5) is 0 Å². The number of nitrogens with zero attached hydrogens (tertiary/aromatic N) is 1. The SMILES string of the molecule is CC(C)(C)c1cc2ccc3ccc(-c4ccc5cc(-c6ccc7cc(-c8ccccn8)c8ccccc8c7c6)ccc5c4)c4ccc(c1)c2c34. The summed E-state index contributed by atoms with van der Waals surface area (Å²) in [6.07, 6.45) is 1.87. The van der Waals surface area contributed by atoms with Crippen LogP contribution in [0.25, 0.3) is 98.1 Å². The summed E-state index contributed by atoms with van der Waals surface area (Å²) >= 11 is 0. The third-order valence-corrected chi connectivity index (χ3v) is 10.8. The maximum atomic E-state index is 4.67. The number of pyridine rings is 1. The third kappa shape index (κ3) is 4.51. The predicted octanol–water partition coefficient (Wildman–Crippen LogP) is 13.7. The average Bonchev–Trinajstić information content (AvgIpc) is 3.15. The van der Waals surface area contributed by atoms with E-state index in [-0.39, 0.29) is 5.41 Å². The molecule has 0 aliphatic heterocycles. The number of aromatic nitrogens is 1. The standard InChI is InChI=1S/C49H35N/c1-49(2,3)39-26-37-18-11-30-19-21-40(43-22-20-38(27-39)47(37)48(30)43)35-16-14-31-24-32(12-13-33(31)25-35)34-15-17-36-29-45(46-10-6-7-23-50-46)42-9-5-4-8-41(42)44(36)28-34/h4-29H,1-3H3. The minimum absolute atomic E-state index is 0.105. The van der Waals surface area contributed by atoms with E-state index in [2.05, 4.69) is 171 Å². The van der Waals surface area contributed by atoms with E-state index in [0.717, 1.165) is 5.69 Å². The zero-order chi connectivity index (χ0) is 33.6. The second-order valence-electron chi connectivity index (χ2n) is 14.8. The molecule has 0 saturated carbocycles. The molecule has 1 heteroatoms. The predicted molar refractivity (Wildman–Crippen MR) is 215 cm³/mol. The van der Waals surface area contributed by atoms with Crippen LogP contribution < -0.4 is 0 Å². The van der Waals surface area contributed by atoms with E-state index in [1.807, 2.05) is 12.3 Å². The smallest absolute Gasteiger partial charge is 0.0708 e. The van der Waals surface area contributed by atoms with Crippen molar-refractivity contribution in [1.82, 2.24) is 4.98 Å². The molecule has 0 N–H and O–H groups in total. The van der Waals surface area contributed by atoms with Gasteiger partial charge in [0.2, 0.25) is 0 Å². The van der Waals surface area contributed by atoms with Crippen molar-refractivity contribution in [1.29, 1.82) is 0 Å². The summed E-state index contributed by atoms with van der Waals surface area (Å²) in [6, 6.07) is 56.4. The molecule has 0 atom stereocenters. The molecule has 236 valence electrons. The summed E-state index contributed by atoms with van der Waals surface area (Å²) < 4.78 is 0. The van der Waals surface area contributed by atoms with Gasteiger partial charge in [0.1, 0.15) is 0 Å². The highest BCUT2D eigenvalue weighted by atomic mass is 14.7. The number of fused-ring (bicyclic) bond motifs is 4. The lowest BCUT2D eigenvalue weighted by atomic mass is 9.82. The molecule has 0 saturated heterocycles. The van der Waals surface area contributed by atoms with E-state index in [0.29, 0.717) is 0 Å². The molecule has 0 aliphatic rings. The number of hydrogen-bond acceptors (Lipinski definition) is 1. The Morgan fingerprint density at radius 1 is 0.380 bits per heavy atom. The first-order valence-corrected chi connectivity index (χ1v) is 17.5. The van der Waals surface area contributed by atoms with Gasteiger partial charge in [-0.05, 0) is 134 Å². The molecule has 0 unspecified atom stereocenters. The lowest BCUT2D eigenvalue weighted by Crippen LogP contribution is -2.10. The Hall–Kier alpha value is -6.05. The molecule has 1 nitrogen and oxygen atoms in total. The minimum Gasteiger partial charge on any atom is -0.256 e. The van der Waals surface area contributed by atoms with Gasteiger partial charge < -0.3 is 0 Å². The lowest BCUT2D eigenvalue weighted by molar-refractivity contribution is 0.591. The van der Waals surface area contributed by atoms with Crippen molar-refractivity contribution in [3.63, 3.8) is 0 Å². The highest BCUT2D eigenvalue weighted by molar-refractivity contribution is 6.25. The van der Waals surface area contributed by atoms with E-state index in [1.54, 1.807) is 0 Å². The summed E-state index contributed by atoms with van der Waals surface area (Å²) in [5, 5.41) is 15.4. The number of benzene rings is 9. The highest BCUT2D eigenvalue weighted by Gasteiger charge is 2.18. The van der Waals surface area contributed by atoms with E-state index in [4.69, 9.17) is 0 Å². The molecule has 9 aromatic carbocycles. The van der Waals surface area contributed by atoms with Crippen LogP contribution in [0.2, 0.25) is 0 Å². The van der Waals surface area contributed by atoms with Crippen LogP contribution >= 0.6 is 0 Å². The fraction of sp³-hybridized carbons (Fsp3) is 0.0816. The molecule has 0 aliphatic carbocycles. The van der Waals surface area contributed by atoms with E-state index in [1.165, 1.54) is 98.0 Å². The number of hydrogen-bond donors (Lipinski definition) is 0. The molecule has 10 aromatic rings. The molecule has 0 amide bonds. The molecule has 1 aromatic heterocycles. The molecular formula is C49H35N. The van der Waals surface area contributed by atoms with Crippen LogP contribution in [0.15, 0.2) is 158 Å². The number of rotatable bonds is 3. The van der Waals surface area contributed by atoms with Crippen molar-refractivity contribution in [2.45, 2.75) is 26.2 Å². The van der Waals surface area contributed by atoms with E-state index in [9.17, 15) is 0 Å². The molecule has 50 heavy (non-hydrogen) atoms. The lowest BCUT2D eigenvalue weighted by Gasteiger charge is -2.22. The Kier molecular flexibility index (Phi) is 6.20. The molecule has 1 heterocycles. The van der Waals surface area contributed by atoms with Gasteiger partial charge in [-0.25, -0.2) is 0 Å². The van der Waals surface area contributed by atoms with Gasteiger partial charge in [0.05, 0.1) is 5.69 Å². The van der Waals surface area contributed by atoms with Crippen molar-refractivity contribution in [3.8, 4) is 33.5 Å². The van der Waals surface area contributed by atoms with Crippen molar-refractivity contribution in [2.75, 3.05) is 0 Å². The second kappa shape index (κ2) is 10.7. The van der Waals surface area contributed by atoms with Gasteiger partial charge in [0.15, 0.2) is 0 Å². The normalized spacial score (nSPS) is 12.3. The van der Waals surface area contributed by atoms with E-state index >= 15 is 0 Å². The molecule has 0 bridgehead atoms. The van der Waals surface area contributed by atoms with Gasteiger partial charge >= 0.3 is 0 Å². The summed E-state index contributed by atoms with van der Waals surface area (Å²) in [5.41, 5.74) is 8.63. The van der Waals surface area contributed by atoms with Gasteiger partial charge in [-0.2, -0.15) is 0 Å². The van der Waals surface area contributed by atoms with Crippen LogP contribution in [0, 0.1) is 0 Å². The van der Waals surface area contributed by atoms with Crippen LogP contribution in [0.5, 0.6) is 0 Å². The minimum atomic E-state index is 0.105. The fourth-order valence-corrected chi connectivity index (χ4v) is 8.11. The summed E-state index contributed by atoms with van der Waals surface area (Å²) in [6.45, 7) is 6.89. The Morgan fingerprint density at radius 2 is 1.00 bits per heavy atom. The van der Waals surface area contributed by atoms with Gasteiger partial charge in [0.25, 0.3) is 0 Å². The third-order valence-electron chi connectivity index (χ3n) is 10.8. The summed E-state index contributed by atoms with van der Waals surface area (Å²) in [5.74, 6) is 0. The van der Waals surface area contributed by atoms with Crippen molar-refractivity contribution >= 4 is 64.6 Å². The average molecular weight is 638 g/mol.